The molecule has 0 fully saturated rings. The zero-order valence-corrected chi connectivity index (χ0v) is 25.9. The summed E-state index contributed by atoms with van der Waals surface area (Å²) in [6, 6.07) is 56.4. The lowest BCUT2D eigenvalue weighted by molar-refractivity contribution is 0.634. The zero-order chi connectivity index (χ0) is 30.6. The first-order valence-electron chi connectivity index (χ1n) is 16.2. The van der Waals surface area contributed by atoms with Gasteiger partial charge in [-0.2, -0.15) is 0 Å². The second-order valence-corrected chi connectivity index (χ2v) is 13.3. The summed E-state index contributed by atoms with van der Waals surface area (Å²) in [5.74, 6) is 0. The summed E-state index contributed by atoms with van der Waals surface area (Å²) in [5.41, 5.74) is 14.2. The Morgan fingerprint density at radius 3 is 1.91 bits per heavy atom. The molecule has 0 N–H and O–H groups in total. The van der Waals surface area contributed by atoms with Crippen LogP contribution in [0.3, 0.4) is 0 Å². The van der Waals surface area contributed by atoms with Gasteiger partial charge in [0.05, 0.1) is 16.7 Å². The monoisotopic (exact) mass is 586 g/mol. The van der Waals surface area contributed by atoms with Crippen LogP contribution in [-0.4, -0.2) is 11.3 Å². The molecule has 10 rings (SSSR count). The molecule has 0 spiro atoms. The second-order valence-electron chi connectivity index (χ2n) is 13.3. The van der Waals surface area contributed by atoms with Gasteiger partial charge in [0, 0.05) is 38.6 Å². The molecule has 1 aromatic heterocycles. The Balaban J connectivity index is 1.33. The molecule has 216 valence electrons. The number of benzene rings is 7. The number of para-hydroxylation sites is 3. The Kier molecular flexibility index (Phi) is 5.18. The number of rotatable bonds is 2. The lowest BCUT2D eigenvalue weighted by Gasteiger charge is -2.47. The van der Waals surface area contributed by atoms with Crippen LogP contribution in [0.15, 0.2) is 152 Å². The summed E-state index contributed by atoms with van der Waals surface area (Å²) in [5, 5.41) is 5.13. The van der Waals surface area contributed by atoms with Crippen molar-refractivity contribution in [2.24, 2.45) is 0 Å². The van der Waals surface area contributed by atoms with Crippen molar-refractivity contribution in [2.45, 2.75) is 19.3 Å². The summed E-state index contributed by atoms with van der Waals surface area (Å²) in [7, 11) is 0. The SMILES string of the molecule is CC1(C)c2cccc3c2N(c2ccc(-n4c5ccccc5c5ccccc54)cc2B3c2ccccc2)c2c1ccc1ccccc21. The molecule has 46 heavy (non-hydrogen) atoms. The van der Waals surface area contributed by atoms with Crippen molar-refractivity contribution < 1.29 is 0 Å². The van der Waals surface area contributed by atoms with Crippen molar-refractivity contribution >= 4 is 72.7 Å². The van der Waals surface area contributed by atoms with Crippen molar-refractivity contribution in [3.63, 3.8) is 0 Å². The third-order valence-corrected chi connectivity index (χ3v) is 10.6. The van der Waals surface area contributed by atoms with Crippen LogP contribution in [0.5, 0.6) is 0 Å². The lowest BCUT2D eigenvalue weighted by atomic mass is 9.34. The molecule has 2 nitrogen and oxygen atoms in total. The van der Waals surface area contributed by atoms with Crippen molar-refractivity contribution in [1.29, 1.82) is 0 Å². The number of hydrogen-bond donors (Lipinski definition) is 0. The maximum absolute atomic E-state index is 2.60. The third kappa shape index (κ3) is 3.32. The molecule has 0 bridgehead atoms. The largest absolute Gasteiger partial charge is 0.310 e. The molecule has 2 aliphatic rings. The Morgan fingerprint density at radius 2 is 1.15 bits per heavy atom. The summed E-state index contributed by atoms with van der Waals surface area (Å²) < 4.78 is 2.45. The average molecular weight is 587 g/mol. The van der Waals surface area contributed by atoms with Crippen molar-refractivity contribution in [2.75, 3.05) is 4.90 Å². The smallest absolute Gasteiger partial charge is 0.246 e. The number of anilines is 3. The van der Waals surface area contributed by atoms with E-state index >= 15 is 0 Å². The van der Waals surface area contributed by atoms with Gasteiger partial charge in [-0.15, -0.1) is 0 Å². The Labute approximate surface area is 269 Å². The predicted molar refractivity (Wildman–Crippen MR) is 196 cm³/mol. The third-order valence-electron chi connectivity index (χ3n) is 10.6. The molecule has 0 aliphatic carbocycles. The summed E-state index contributed by atoms with van der Waals surface area (Å²) in [6.45, 7) is 4.89. The Hall–Kier alpha value is -5.54. The highest BCUT2D eigenvalue weighted by atomic mass is 15.2. The standard InChI is InChI=1S/C43H31BN2/c1-43(2)34-19-12-20-36-42(34)46(41-31-16-7-6-13-28(31)23-25-35(41)43)40-26-24-30(27-37(40)44(36)29-14-4-3-5-15-29)45-38-21-10-8-17-32(38)33-18-9-11-22-39(33)45/h3-27H,1-2H3. The second kappa shape index (κ2) is 9.25. The minimum atomic E-state index is -0.150. The van der Waals surface area contributed by atoms with E-state index in [9.17, 15) is 0 Å². The van der Waals surface area contributed by atoms with E-state index in [4.69, 9.17) is 0 Å². The zero-order valence-electron chi connectivity index (χ0n) is 25.9. The first-order valence-corrected chi connectivity index (χ1v) is 16.2. The van der Waals surface area contributed by atoms with E-state index in [-0.39, 0.29) is 12.1 Å². The van der Waals surface area contributed by atoms with Gasteiger partial charge in [-0.1, -0.05) is 141 Å². The molecule has 7 aromatic carbocycles. The molecule has 8 aromatic rings. The number of hydrogen-bond acceptors (Lipinski definition) is 1. The lowest BCUT2D eigenvalue weighted by Crippen LogP contribution is -2.58. The number of nitrogens with zero attached hydrogens (tertiary/aromatic N) is 2. The first-order chi connectivity index (χ1) is 22.6. The van der Waals surface area contributed by atoms with Gasteiger partial charge in [0.2, 0.25) is 6.71 Å². The summed E-state index contributed by atoms with van der Waals surface area (Å²) in [4.78, 5) is 2.60. The fourth-order valence-electron chi connectivity index (χ4n) is 8.54. The molecule has 0 saturated carbocycles. The Bertz CT molecular complexity index is 2470. The molecule has 0 radical (unpaired) electrons. The van der Waals surface area contributed by atoms with Crippen LogP contribution >= 0.6 is 0 Å². The molecule has 3 heterocycles. The predicted octanol–water partition coefficient (Wildman–Crippen LogP) is 8.88. The fourth-order valence-corrected chi connectivity index (χ4v) is 8.54. The molecule has 0 unspecified atom stereocenters. The highest BCUT2D eigenvalue weighted by Gasteiger charge is 2.44. The van der Waals surface area contributed by atoms with Gasteiger partial charge in [-0.25, -0.2) is 0 Å². The van der Waals surface area contributed by atoms with E-state index in [0.717, 1.165) is 0 Å². The first kappa shape index (κ1) is 25.8. The van der Waals surface area contributed by atoms with E-state index < -0.39 is 0 Å². The van der Waals surface area contributed by atoms with Gasteiger partial charge in [-0.05, 0) is 57.8 Å². The summed E-state index contributed by atoms with van der Waals surface area (Å²) >= 11 is 0. The van der Waals surface area contributed by atoms with Gasteiger partial charge in [0.1, 0.15) is 0 Å². The Morgan fingerprint density at radius 1 is 0.500 bits per heavy atom. The van der Waals surface area contributed by atoms with Crippen molar-refractivity contribution in [3.05, 3.63) is 163 Å². The highest BCUT2D eigenvalue weighted by Crippen LogP contribution is 2.54. The number of aromatic nitrogens is 1. The minimum absolute atomic E-state index is 0.0998. The van der Waals surface area contributed by atoms with Gasteiger partial charge in [0.15, 0.2) is 0 Å². The van der Waals surface area contributed by atoms with Gasteiger partial charge in [-0.3, -0.25) is 0 Å². The molecule has 0 amide bonds. The molecule has 0 atom stereocenters. The molecule has 0 saturated heterocycles. The van der Waals surface area contributed by atoms with Gasteiger partial charge >= 0.3 is 0 Å². The van der Waals surface area contributed by atoms with Crippen LogP contribution in [0.1, 0.15) is 25.0 Å². The van der Waals surface area contributed by atoms with E-state index in [1.807, 2.05) is 0 Å². The quantitative estimate of drug-likeness (QED) is 0.184. The minimum Gasteiger partial charge on any atom is -0.310 e. The molecular weight excluding hydrogens is 555 g/mol. The molecule has 2 aliphatic heterocycles. The van der Waals surface area contributed by atoms with E-state index in [1.54, 1.807) is 0 Å². The average Bonchev–Trinajstić information content (AvgIpc) is 3.44. The topological polar surface area (TPSA) is 8.17 Å². The van der Waals surface area contributed by atoms with E-state index in [0.29, 0.717) is 0 Å². The van der Waals surface area contributed by atoms with Crippen molar-refractivity contribution in [3.8, 4) is 5.69 Å². The van der Waals surface area contributed by atoms with Crippen LogP contribution in [0.4, 0.5) is 17.1 Å². The van der Waals surface area contributed by atoms with Crippen LogP contribution in [0.2, 0.25) is 0 Å². The van der Waals surface area contributed by atoms with E-state index in [1.165, 1.54) is 82.8 Å². The molecular formula is C43H31BN2. The van der Waals surface area contributed by atoms with E-state index in [2.05, 4.69) is 175 Å². The normalized spacial score (nSPS) is 14.4. The number of fused-ring (bicyclic) bond motifs is 9. The maximum atomic E-state index is 2.60. The van der Waals surface area contributed by atoms with Crippen molar-refractivity contribution in [1.82, 2.24) is 4.57 Å². The van der Waals surface area contributed by atoms with Crippen LogP contribution in [0, 0.1) is 0 Å². The summed E-state index contributed by atoms with van der Waals surface area (Å²) in [6.07, 6.45) is 0. The fraction of sp³-hybridized carbons (Fsp3) is 0.0698. The van der Waals surface area contributed by atoms with Gasteiger partial charge in [0.25, 0.3) is 0 Å². The maximum Gasteiger partial charge on any atom is 0.246 e. The van der Waals surface area contributed by atoms with Crippen LogP contribution < -0.4 is 21.3 Å². The molecule has 3 heteroatoms. The highest BCUT2D eigenvalue weighted by molar-refractivity contribution is 6.98. The van der Waals surface area contributed by atoms with Crippen LogP contribution in [0.25, 0.3) is 38.3 Å². The van der Waals surface area contributed by atoms with Gasteiger partial charge < -0.3 is 9.47 Å². The van der Waals surface area contributed by atoms with Crippen LogP contribution in [-0.2, 0) is 5.41 Å².